The Morgan fingerprint density at radius 1 is 0.818 bits per heavy atom. The van der Waals surface area contributed by atoms with E-state index in [0.717, 1.165) is 11.5 Å². The van der Waals surface area contributed by atoms with E-state index in [1.807, 2.05) is 0 Å². The van der Waals surface area contributed by atoms with E-state index in [-0.39, 0.29) is 0 Å². The van der Waals surface area contributed by atoms with Crippen LogP contribution in [-0.4, -0.2) is 47.0 Å². The molecule has 0 saturated heterocycles. The predicted molar refractivity (Wildman–Crippen MR) is 86.8 cm³/mol. The molecule has 0 aromatic heterocycles. The number of nitrogens with zero attached hydrogens (tertiary/aromatic N) is 2. The fourth-order valence-corrected chi connectivity index (χ4v) is 3.12. The fourth-order valence-electron chi connectivity index (χ4n) is 1.77. The van der Waals surface area contributed by atoms with Crippen molar-refractivity contribution in [1.82, 2.24) is 0 Å². The first-order valence-electron chi connectivity index (χ1n) is 6.61. The molecule has 114 valence electrons. The minimum Gasteiger partial charge on any atom is -0.398 e. The summed E-state index contributed by atoms with van der Waals surface area (Å²) in [5, 5.41) is 0.787. The third-order valence-electron chi connectivity index (χ3n) is 2.83. The molecule has 0 spiro atoms. The van der Waals surface area contributed by atoms with Crippen molar-refractivity contribution in [2.24, 2.45) is 9.98 Å². The van der Waals surface area contributed by atoms with Gasteiger partial charge in [-0.15, -0.1) is 0 Å². The van der Waals surface area contributed by atoms with Gasteiger partial charge in [0, 0.05) is 11.5 Å². The summed E-state index contributed by atoms with van der Waals surface area (Å²) < 4.78 is 10.3. The second-order valence-corrected chi connectivity index (χ2v) is 6.44. The number of carbonyl (C=O) groups excluding carboxylic acids is 2. The maximum absolute atomic E-state index is 11.9. The average molecular weight is 336 g/mol. The lowest BCUT2D eigenvalue weighted by molar-refractivity contribution is 0.0709. The summed E-state index contributed by atoms with van der Waals surface area (Å²) in [7, 11) is 0. The first-order valence-corrected chi connectivity index (χ1v) is 8.58. The fraction of sp³-hybridized carbons (Fsp3) is 0.286. The SMILES string of the molecule is O=C(OC1=NCCS1)c1ccc(C(=O)OC2=NCCS2)cc1. The molecule has 0 amide bonds. The van der Waals surface area contributed by atoms with Crippen molar-refractivity contribution in [3.05, 3.63) is 35.4 Å². The minimum absolute atomic E-state index is 0.360. The van der Waals surface area contributed by atoms with Crippen molar-refractivity contribution in [2.45, 2.75) is 0 Å². The number of hydrogen-bond acceptors (Lipinski definition) is 8. The molecule has 2 aliphatic heterocycles. The Labute approximate surface area is 135 Å². The van der Waals surface area contributed by atoms with Gasteiger partial charge in [-0.3, -0.25) is 0 Å². The van der Waals surface area contributed by atoms with Crippen molar-refractivity contribution in [3.8, 4) is 0 Å². The zero-order valence-electron chi connectivity index (χ0n) is 11.5. The number of aliphatic imine (C=N–C) groups is 2. The van der Waals surface area contributed by atoms with Gasteiger partial charge in [0.1, 0.15) is 0 Å². The van der Waals surface area contributed by atoms with Gasteiger partial charge in [-0.2, -0.15) is 0 Å². The largest absolute Gasteiger partial charge is 0.398 e. The molecule has 0 saturated carbocycles. The van der Waals surface area contributed by atoms with Gasteiger partial charge in [-0.1, -0.05) is 23.5 Å². The lowest BCUT2D eigenvalue weighted by Gasteiger charge is -2.05. The zero-order valence-corrected chi connectivity index (χ0v) is 13.1. The molecule has 0 radical (unpaired) electrons. The van der Waals surface area contributed by atoms with Crippen LogP contribution in [0.5, 0.6) is 0 Å². The van der Waals surface area contributed by atoms with Crippen LogP contribution >= 0.6 is 23.5 Å². The number of benzene rings is 1. The molecule has 0 fully saturated rings. The summed E-state index contributed by atoms with van der Waals surface area (Å²) in [5.74, 6) is 0.692. The summed E-state index contributed by atoms with van der Waals surface area (Å²) in [4.78, 5) is 31.9. The summed E-state index contributed by atoms with van der Waals surface area (Å²) in [6.45, 7) is 1.33. The van der Waals surface area contributed by atoms with Gasteiger partial charge in [0.05, 0.1) is 24.2 Å². The van der Waals surface area contributed by atoms with E-state index in [4.69, 9.17) is 9.47 Å². The van der Waals surface area contributed by atoms with Crippen molar-refractivity contribution in [1.29, 1.82) is 0 Å². The molecule has 8 heteroatoms. The van der Waals surface area contributed by atoms with Gasteiger partial charge in [-0.05, 0) is 24.3 Å². The van der Waals surface area contributed by atoms with Crippen LogP contribution in [0.15, 0.2) is 34.3 Å². The topological polar surface area (TPSA) is 77.3 Å². The predicted octanol–water partition coefficient (Wildman–Crippen LogP) is 2.21. The maximum Gasteiger partial charge on any atom is 0.345 e. The van der Waals surface area contributed by atoms with E-state index in [0.29, 0.717) is 34.7 Å². The maximum atomic E-state index is 11.9. The highest BCUT2D eigenvalue weighted by Gasteiger charge is 2.18. The quantitative estimate of drug-likeness (QED) is 0.771. The molecule has 3 rings (SSSR count). The van der Waals surface area contributed by atoms with E-state index in [1.54, 1.807) is 0 Å². The zero-order chi connectivity index (χ0) is 15.4. The molecular weight excluding hydrogens is 324 g/mol. The molecule has 0 bridgehead atoms. The van der Waals surface area contributed by atoms with Crippen molar-refractivity contribution in [2.75, 3.05) is 24.6 Å². The number of hydrogen-bond donors (Lipinski definition) is 0. The Bertz CT molecular complexity index is 598. The lowest BCUT2D eigenvalue weighted by atomic mass is 10.1. The summed E-state index contributed by atoms with van der Waals surface area (Å²) in [6, 6.07) is 6.12. The molecule has 1 aromatic rings. The Balaban J connectivity index is 1.61. The second-order valence-electron chi connectivity index (χ2n) is 4.35. The van der Waals surface area contributed by atoms with E-state index < -0.39 is 11.9 Å². The van der Waals surface area contributed by atoms with Crippen LogP contribution in [0.2, 0.25) is 0 Å². The molecule has 2 heterocycles. The van der Waals surface area contributed by atoms with E-state index in [1.165, 1.54) is 47.8 Å². The van der Waals surface area contributed by atoms with E-state index in [2.05, 4.69) is 9.98 Å². The third kappa shape index (κ3) is 3.69. The van der Waals surface area contributed by atoms with Crippen molar-refractivity contribution < 1.29 is 19.1 Å². The molecule has 0 N–H and O–H groups in total. The molecular formula is C14H12N2O4S2. The number of ether oxygens (including phenoxy) is 2. The molecule has 1 aromatic carbocycles. The highest BCUT2D eigenvalue weighted by Crippen LogP contribution is 2.17. The number of thioether (sulfide) groups is 2. The van der Waals surface area contributed by atoms with Gasteiger partial charge < -0.3 is 9.47 Å². The van der Waals surface area contributed by atoms with Gasteiger partial charge >= 0.3 is 11.9 Å². The standard InChI is InChI=1S/C14H12N2O4S2/c17-11(19-13-15-5-7-21-13)9-1-2-10(4-3-9)12(18)20-14-16-6-8-22-14/h1-4H,5-8H2. The van der Waals surface area contributed by atoms with E-state index in [9.17, 15) is 9.59 Å². The van der Waals surface area contributed by atoms with Crippen LogP contribution in [0, 0.1) is 0 Å². The minimum atomic E-state index is -0.483. The summed E-state index contributed by atoms with van der Waals surface area (Å²) in [6.07, 6.45) is 0. The highest BCUT2D eigenvalue weighted by molar-refractivity contribution is 8.14. The van der Waals surface area contributed by atoms with Crippen LogP contribution in [0.1, 0.15) is 20.7 Å². The summed E-state index contributed by atoms with van der Waals surface area (Å²) >= 11 is 2.82. The molecule has 6 nitrogen and oxygen atoms in total. The highest BCUT2D eigenvalue weighted by atomic mass is 32.2. The molecule has 0 atom stereocenters. The number of rotatable bonds is 2. The molecule has 0 aliphatic carbocycles. The molecule has 0 unspecified atom stereocenters. The Morgan fingerprint density at radius 2 is 1.23 bits per heavy atom. The van der Waals surface area contributed by atoms with Crippen molar-refractivity contribution in [3.63, 3.8) is 0 Å². The van der Waals surface area contributed by atoms with E-state index >= 15 is 0 Å². The Kier molecular flexibility index (Phi) is 4.79. The number of carbonyl (C=O) groups is 2. The van der Waals surface area contributed by atoms with Gasteiger partial charge in [-0.25, -0.2) is 19.6 Å². The van der Waals surface area contributed by atoms with Crippen LogP contribution < -0.4 is 0 Å². The second kappa shape index (κ2) is 6.97. The van der Waals surface area contributed by atoms with Gasteiger partial charge in [0.2, 0.25) is 0 Å². The monoisotopic (exact) mass is 336 g/mol. The van der Waals surface area contributed by atoms with Gasteiger partial charge in [0.15, 0.2) is 0 Å². The number of esters is 2. The lowest BCUT2D eigenvalue weighted by Crippen LogP contribution is -2.11. The van der Waals surface area contributed by atoms with Crippen molar-refractivity contribution >= 4 is 45.9 Å². The van der Waals surface area contributed by atoms with Crippen LogP contribution in [0.3, 0.4) is 0 Å². The summed E-state index contributed by atoms with van der Waals surface area (Å²) in [5.41, 5.74) is 0.721. The first-order chi connectivity index (χ1) is 10.7. The Morgan fingerprint density at radius 3 is 1.55 bits per heavy atom. The normalized spacial score (nSPS) is 16.9. The molecule has 22 heavy (non-hydrogen) atoms. The van der Waals surface area contributed by atoms with Crippen LogP contribution in [0.25, 0.3) is 0 Å². The third-order valence-corrected chi connectivity index (χ3v) is 4.52. The Hall–Kier alpha value is -1.80. The average Bonchev–Trinajstić information content (AvgIpc) is 3.21. The first kappa shape index (κ1) is 15.1. The van der Waals surface area contributed by atoms with Crippen LogP contribution in [-0.2, 0) is 9.47 Å². The molecule has 2 aliphatic rings. The van der Waals surface area contributed by atoms with Crippen LogP contribution in [0.4, 0.5) is 0 Å². The van der Waals surface area contributed by atoms with Gasteiger partial charge in [0.25, 0.3) is 10.5 Å². The smallest absolute Gasteiger partial charge is 0.345 e.